The second-order valence-electron chi connectivity index (χ2n) is 4.78. The first-order valence-electron chi connectivity index (χ1n) is 6.84. The number of aromatic nitrogens is 2. The molecule has 0 saturated carbocycles. The molecule has 0 saturated heterocycles. The van der Waals surface area contributed by atoms with Gasteiger partial charge in [-0.25, -0.2) is 9.67 Å². The number of halogens is 1. The molecule has 7 heteroatoms. The molecule has 6 nitrogen and oxygen atoms in total. The maximum absolute atomic E-state index is 5.88. The van der Waals surface area contributed by atoms with E-state index in [1.165, 1.54) is 0 Å². The lowest BCUT2D eigenvalue weighted by atomic mass is 10.2. The molecule has 2 rings (SSSR count). The lowest BCUT2D eigenvalue weighted by Gasteiger charge is -2.13. The van der Waals surface area contributed by atoms with Gasteiger partial charge in [0.15, 0.2) is 5.96 Å². The van der Waals surface area contributed by atoms with Crippen LogP contribution in [0.4, 0.5) is 0 Å². The van der Waals surface area contributed by atoms with E-state index in [1.54, 1.807) is 13.3 Å². The molecule has 0 amide bonds. The number of hydrogen-bond acceptors (Lipinski definition) is 3. The fourth-order valence-electron chi connectivity index (χ4n) is 2.04. The van der Waals surface area contributed by atoms with Crippen LogP contribution in [0.25, 0.3) is 5.69 Å². The highest BCUT2D eigenvalue weighted by atomic mass is 127. The van der Waals surface area contributed by atoms with Crippen LogP contribution in [0.15, 0.2) is 47.7 Å². The number of nitrogens with one attached hydrogen (secondary N) is 1. The Kier molecular flexibility index (Phi) is 7.89. The summed E-state index contributed by atoms with van der Waals surface area (Å²) in [6.45, 7) is 3.07. The summed E-state index contributed by atoms with van der Waals surface area (Å²) in [6.07, 6.45) is 3.66. The molecule has 1 atom stereocenters. The van der Waals surface area contributed by atoms with Crippen LogP contribution < -0.4 is 11.1 Å². The third kappa shape index (κ3) is 5.30. The number of rotatable bonds is 6. The zero-order valence-electron chi connectivity index (χ0n) is 12.8. The van der Waals surface area contributed by atoms with Gasteiger partial charge in [0.25, 0.3) is 0 Å². The molecule has 120 valence electrons. The average Bonchev–Trinajstić information content (AvgIpc) is 2.99. The van der Waals surface area contributed by atoms with Gasteiger partial charge in [-0.1, -0.05) is 18.2 Å². The highest BCUT2D eigenvalue weighted by molar-refractivity contribution is 14.0. The Hall–Kier alpha value is -1.61. The van der Waals surface area contributed by atoms with Gasteiger partial charge in [-0.3, -0.25) is 0 Å². The third-order valence-corrected chi connectivity index (χ3v) is 2.97. The van der Waals surface area contributed by atoms with E-state index >= 15 is 0 Å². The van der Waals surface area contributed by atoms with Crippen molar-refractivity contribution in [2.24, 2.45) is 10.7 Å². The van der Waals surface area contributed by atoms with Crippen molar-refractivity contribution in [2.75, 3.05) is 13.7 Å². The van der Waals surface area contributed by atoms with Crippen molar-refractivity contribution >= 4 is 29.9 Å². The van der Waals surface area contributed by atoms with Crippen LogP contribution in [-0.2, 0) is 11.3 Å². The Bertz CT molecular complexity index is 585. The molecule has 1 heterocycles. The second kappa shape index (κ2) is 9.42. The van der Waals surface area contributed by atoms with E-state index < -0.39 is 0 Å². The largest absolute Gasteiger partial charge is 0.383 e. The van der Waals surface area contributed by atoms with Crippen LogP contribution >= 0.6 is 24.0 Å². The quantitative estimate of drug-likeness (QED) is 0.430. The fourth-order valence-corrected chi connectivity index (χ4v) is 2.04. The first-order valence-corrected chi connectivity index (χ1v) is 6.84. The zero-order chi connectivity index (χ0) is 15.1. The predicted molar refractivity (Wildman–Crippen MR) is 98.8 cm³/mol. The van der Waals surface area contributed by atoms with E-state index in [1.807, 2.05) is 48.1 Å². The number of guanidine groups is 1. The van der Waals surface area contributed by atoms with Gasteiger partial charge >= 0.3 is 0 Å². The highest BCUT2D eigenvalue weighted by Gasteiger charge is 2.05. The summed E-state index contributed by atoms with van der Waals surface area (Å²) in [6, 6.07) is 10.0. The van der Waals surface area contributed by atoms with Crippen LogP contribution in [0.5, 0.6) is 0 Å². The predicted octanol–water partition coefficient (Wildman–Crippen LogP) is 1.93. The smallest absolute Gasteiger partial charge is 0.189 e. The van der Waals surface area contributed by atoms with Gasteiger partial charge in [-0.2, -0.15) is 5.10 Å². The maximum Gasteiger partial charge on any atom is 0.189 e. The summed E-state index contributed by atoms with van der Waals surface area (Å²) >= 11 is 0. The van der Waals surface area contributed by atoms with Gasteiger partial charge in [0.2, 0.25) is 0 Å². The number of ether oxygens (including phenoxy) is 1. The van der Waals surface area contributed by atoms with Crippen molar-refractivity contribution in [2.45, 2.75) is 19.5 Å². The molecule has 0 bridgehead atoms. The van der Waals surface area contributed by atoms with Crippen molar-refractivity contribution in [3.05, 3.63) is 48.3 Å². The summed E-state index contributed by atoms with van der Waals surface area (Å²) < 4.78 is 6.87. The number of nitrogens with zero attached hydrogens (tertiary/aromatic N) is 3. The minimum absolute atomic E-state index is 0. The highest BCUT2D eigenvalue weighted by Crippen LogP contribution is 2.14. The van der Waals surface area contributed by atoms with E-state index in [4.69, 9.17) is 10.5 Å². The number of methoxy groups -OCH3 is 1. The van der Waals surface area contributed by atoms with Gasteiger partial charge < -0.3 is 15.8 Å². The first-order chi connectivity index (χ1) is 10.2. The standard InChI is InChI=1S/C15H21N5O.HI/c1-12(11-21-2)19-15(16)17-10-13-6-3-4-7-14(13)20-9-5-8-18-20;/h3-9,12H,10-11H2,1-2H3,(H3,16,17,19);1H. The third-order valence-electron chi connectivity index (χ3n) is 2.97. The number of hydrogen-bond donors (Lipinski definition) is 2. The van der Waals surface area contributed by atoms with Crippen molar-refractivity contribution in [1.82, 2.24) is 15.1 Å². The topological polar surface area (TPSA) is 77.5 Å². The molecule has 22 heavy (non-hydrogen) atoms. The minimum atomic E-state index is 0. The lowest BCUT2D eigenvalue weighted by molar-refractivity contribution is 0.179. The second-order valence-corrected chi connectivity index (χ2v) is 4.78. The molecule has 0 fully saturated rings. The number of aliphatic imine (C=N–C) groups is 1. The first kappa shape index (κ1) is 18.4. The summed E-state index contributed by atoms with van der Waals surface area (Å²) in [7, 11) is 1.66. The Balaban J connectivity index is 0.00000242. The fraction of sp³-hybridized carbons (Fsp3) is 0.333. The van der Waals surface area contributed by atoms with Gasteiger partial charge in [0, 0.05) is 25.5 Å². The molecule has 0 aliphatic rings. The Labute approximate surface area is 147 Å². The summed E-state index contributed by atoms with van der Waals surface area (Å²) in [4.78, 5) is 4.37. The normalized spacial score (nSPS) is 12.5. The van der Waals surface area contributed by atoms with Crippen LogP contribution in [0.3, 0.4) is 0 Å². The zero-order valence-corrected chi connectivity index (χ0v) is 15.1. The SMILES string of the molecule is COCC(C)NC(N)=NCc1ccccc1-n1cccn1.I. The molecule has 0 radical (unpaired) electrons. The summed E-state index contributed by atoms with van der Waals surface area (Å²) in [5.41, 5.74) is 7.95. The van der Waals surface area contributed by atoms with Crippen molar-refractivity contribution in [3.8, 4) is 5.69 Å². The number of nitrogens with two attached hydrogens (primary N) is 1. The minimum Gasteiger partial charge on any atom is -0.383 e. The summed E-state index contributed by atoms with van der Waals surface area (Å²) in [5, 5.41) is 7.34. The summed E-state index contributed by atoms with van der Waals surface area (Å²) in [5.74, 6) is 0.412. The number of benzene rings is 1. The Morgan fingerprint density at radius 1 is 1.41 bits per heavy atom. The van der Waals surface area contributed by atoms with Crippen molar-refractivity contribution in [3.63, 3.8) is 0 Å². The van der Waals surface area contributed by atoms with Crippen LogP contribution in [0, 0.1) is 0 Å². The molecule has 0 spiro atoms. The molecule has 2 aromatic rings. The molecule has 1 aromatic carbocycles. The van der Waals surface area contributed by atoms with E-state index in [0.29, 0.717) is 19.1 Å². The molecule has 3 N–H and O–H groups in total. The maximum atomic E-state index is 5.88. The Morgan fingerprint density at radius 2 is 2.18 bits per heavy atom. The number of para-hydroxylation sites is 1. The average molecular weight is 415 g/mol. The van der Waals surface area contributed by atoms with E-state index in [-0.39, 0.29) is 30.0 Å². The van der Waals surface area contributed by atoms with Crippen molar-refractivity contribution < 1.29 is 4.74 Å². The van der Waals surface area contributed by atoms with Crippen molar-refractivity contribution in [1.29, 1.82) is 0 Å². The molecule has 1 aromatic heterocycles. The van der Waals surface area contributed by atoms with Gasteiger partial charge in [-0.15, -0.1) is 24.0 Å². The van der Waals surface area contributed by atoms with Crippen LogP contribution in [0.1, 0.15) is 12.5 Å². The van der Waals surface area contributed by atoms with Gasteiger partial charge in [0.05, 0.1) is 18.8 Å². The molecule has 1 unspecified atom stereocenters. The molecular weight excluding hydrogens is 393 g/mol. The van der Waals surface area contributed by atoms with Crippen LogP contribution in [0.2, 0.25) is 0 Å². The van der Waals surface area contributed by atoms with E-state index in [0.717, 1.165) is 11.3 Å². The van der Waals surface area contributed by atoms with Gasteiger partial charge in [-0.05, 0) is 24.6 Å². The molecule has 0 aliphatic heterocycles. The van der Waals surface area contributed by atoms with E-state index in [9.17, 15) is 0 Å². The monoisotopic (exact) mass is 415 g/mol. The van der Waals surface area contributed by atoms with Gasteiger partial charge in [0.1, 0.15) is 0 Å². The van der Waals surface area contributed by atoms with E-state index in [2.05, 4.69) is 15.4 Å². The lowest BCUT2D eigenvalue weighted by Crippen LogP contribution is -2.40. The molecule has 0 aliphatic carbocycles. The molecular formula is C15H22IN5O. The van der Waals surface area contributed by atoms with Crippen LogP contribution in [-0.4, -0.2) is 35.5 Å². The Morgan fingerprint density at radius 3 is 2.86 bits per heavy atom.